The van der Waals surface area contributed by atoms with Gasteiger partial charge in [-0.2, -0.15) is 0 Å². The molecular weight excluding hydrogens is 448 g/mol. The fourth-order valence-corrected chi connectivity index (χ4v) is 10.8. The average Bonchev–Trinajstić information content (AvgIpc) is 3.22. The number of nitrogens with zero attached hydrogens (tertiary/aromatic N) is 1. The molecule has 9 atom stereocenters. The number of nitrogens with two attached hydrogens (primary N) is 1. The summed E-state index contributed by atoms with van der Waals surface area (Å²) in [7, 11) is 0. The molecule has 5 fully saturated rings. The molecule has 36 heavy (non-hydrogen) atoms. The van der Waals surface area contributed by atoms with E-state index in [1.807, 2.05) is 0 Å². The van der Waals surface area contributed by atoms with Crippen molar-refractivity contribution in [2.24, 2.45) is 52.1 Å². The first-order valence-electron chi connectivity index (χ1n) is 15.6. The summed E-state index contributed by atoms with van der Waals surface area (Å²) < 4.78 is 5.69. The molecule has 1 heterocycles. The number of amides is 1. The zero-order chi connectivity index (χ0) is 25.6. The van der Waals surface area contributed by atoms with E-state index < -0.39 is 0 Å². The maximum Gasteiger partial charge on any atom is 0.409 e. The lowest BCUT2D eigenvalue weighted by molar-refractivity contribution is -0.149. The van der Waals surface area contributed by atoms with Crippen LogP contribution >= 0.6 is 0 Å². The number of hydrogen-bond donors (Lipinski definition) is 2. The molecule has 0 aromatic carbocycles. The zero-order valence-electron chi connectivity index (χ0n) is 23.5. The molecule has 4 aliphatic carbocycles. The van der Waals surface area contributed by atoms with Gasteiger partial charge in [-0.3, -0.25) is 0 Å². The van der Waals surface area contributed by atoms with Gasteiger partial charge in [-0.1, -0.05) is 40.0 Å². The maximum atomic E-state index is 12.6. The number of piperidine rings is 1. The highest BCUT2D eigenvalue weighted by atomic mass is 16.6. The minimum Gasteiger partial charge on any atom is -0.449 e. The summed E-state index contributed by atoms with van der Waals surface area (Å²) in [5, 5.41) is 9.45. The fourth-order valence-electron chi connectivity index (χ4n) is 10.8. The Bertz CT molecular complexity index is 790. The summed E-state index contributed by atoms with van der Waals surface area (Å²) >= 11 is 0. The van der Waals surface area contributed by atoms with Gasteiger partial charge in [0.05, 0.1) is 6.61 Å². The van der Waals surface area contributed by atoms with Gasteiger partial charge < -0.3 is 20.5 Å². The first kappa shape index (κ1) is 26.8. The van der Waals surface area contributed by atoms with E-state index in [9.17, 15) is 9.90 Å². The molecule has 0 aromatic heterocycles. The number of ether oxygens (including phenoxy) is 1. The highest BCUT2D eigenvalue weighted by Crippen LogP contribution is 2.69. The molecule has 7 unspecified atom stereocenters. The molecule has 0 spiro atoms. The summed E-state index contributed by atoms with van der Waals surface area (Å²) in [4.78, 5) is 14.4. The smallest absolute Gasteiger partial charge is 0.409 e. The van der Waals surface area contributed by atoms with E-state index in [4.69, 9.17) is 10.5 Å². The van der Waals surface area contributed by atoms with E-state index in [1.165, 1.54) is 64.2 Å². The van der Waals surface area contributed by atoms with Crippen LogP contribution in [0.3, 0.4) is 0 Å². The van der Waals surface area contributed by atoms with Crippen molar-refractivity contribution < 1.29 is 14.6 Å². The molecule has 0 bridgehead atoms. The molecule has 5 aliphatic rings. The van der Waals surface area contributed by atoms with Gasteiger partial charge in [0.2, 0.25) is 0 Å². The largest absolute Gasteiger partial charge is 0.449 e. The molecule has 206 valence electrons. The zero-order valence-corrected chi connectivity index (χ0v) is 23.5. The number of rotatable bonds is 6. The molecule has 1 aliphatic heterocycles. The van der Waals surface area contributed by atoms with Crippen LogP contribution < -0.4 is 5.73 Å². The van der Waals surface area contributed by atoms with Crippen LogP contribution in [0.15, 0.2) is 0 Å². The van der Waals surface area contributed by atoms with Crippen LogP contribution in [-0.2, 0) is 4.74 Å². The number of aliphatic hydroxyl groups is 1. The Hall–Kier alpha value is -0.810. The van der Waals surface area contributed by atoms with E-state index in [-0.39, 0.29) is 24.2 Å². The second-order valence-corrected chi connectivity index (χ2v) is 14.2. The van der Waals surface area contributed by atoms with Gasteiger partial charge in [0.15, 0.2) is 0 Å². The van der Waals surface area contributed by atoms with Crippen LogP contribution in [0.1, 0.15) is 111 Å². The number of fused-ring (bicyclic) bond motifs is 5. The van der Waals surface area contributed by atoms with Crippen molar-refractivity contribution in [1.29, 1.82) is 0 Å². The quantitative estimate of drug-likeness (QED) is 0.414. The first-order valence-corrected chi connectivity index (χ1v) is 15.6. The van der Waals surface area contributed by atoms with Crippen LogP contribution in [0.2, 0.25) is 0 Å². The van der Waals surface area contributed by atoms with E-state index in [1.54, 1.807) is 4.90 Å². The highest BCUT2D eigenvalue weighted by molar-refractivity contribution is 5.67. The van der Waals surface area contributed by atoms with Gasteiger partial charge in [-0.25, -0.2) is 4.79 Å². The first-order chi connectivity index (χ1) is 17.3. The maximum absolute atomic E-state index is 12.6. The fraction of sp³-hybridized carbons (Fsp3) is 0.968. The van der Waals surface area contributed by atoms with E-state index in [0.29, 0.717) is 41.7 Å². The third-order valence-electron chi connectivity index (χ3n) is 12.6. The predicted octanol–water partition coefficient (Wildman–Crippen LogP) is 6.37. The number of aliphatic hydroxyl groups excluding tert-OH is 1. The van der Waals surface area contributed by atoms with Gasteiger partial charge in [0.25, 0.3) is 0 Å². The average molecular weight is 503 g/mol. The summed E-state index contributed by atoms with van der Waals surface area (Å²) in [5.74, 6) is 3.95. The Morgan fingerprint density at radius 2 is 1.83 bits per heavy atom. The van der Waals surface area contributed by atoms with Gasteiger partial charge in [0.1, 0.15) is 0 Å². The molecule has 0 aromatic rings. The second kappa shape index (κ2) is 10.4. The van der Waals surface area contributed by atoms with Crippen molar-refractivity contribution in [3.05, 3.63) is 0 Å². The lowest BCUT2D eigenvalue weighted by Crippen LogP contribution is -2.69. The molecular formula is C31H54N2O3. The van der Waals surface area contributed by atoms with Crippen molar-refractivity contribution in [3.63, 3.8) is 0 Å². The molecule has 3 N–H and O–H groups in total. The number of carbonyl (C=O) groups is 1. The molecule has 0 radical (unpaired) electrons. The molecule has 5 rings (SSSR count). The Morgan fingerprint density at radius 3 is 2.61 bits per heavy atom. The van der Waals surface area contributed by atoms with Gasteiger partial charge >= 0.3 is 6.09 Å². The Morgan fingerprint density at radius 1 is 1.03 bits per heavy atom. The van der Waals surface area contributed by atoms with Crippen LogP contribution in [0.5, 0.6) is 0 Å². The topological polar surface area (TPSA) is 75.8 Å². The number of likely N-dealkylation sites (tertiary alicyclic amines) is 1. The van der Waals surface area contributed by atoms with E-state index >= 15 is 0 Å². The van der Waals surface area contributed by atoms with Crippen molar-refractivity contribution in [2.45, 2.75) is 116 Å². The van der Waals surface area contributed by atoms with E-state index in [2.05, 4.69) is 20.8 Å². The minimum absolute atomic E-state index is 0.00892. The Balaban J connectivity index is 1.20. The molecule has 4 saturated carbocycles. The summed E-state index contributed by atoms with van der Waals surface area (Å²) in [6, 6.07) is 0. The van der Waals surface area contributed by atoms with Crippen molar-refractivity contribution in [2.75, 3.05) is 26.3 Å². The van der Waals surface area contributed by atoms with Crippen LogP contribution in [0.25, 0.3) is 0 Å². The Labute approximate surface area is 220 Å². The summed E-state index contributed by atoms with van der Waals surface area (Å²) in [5.41, 5.74) is 8.46. The molecule has 1 amide bonds. The predicted molar refractivity (Wildman–Crippen MR) is 144 cm³/mol. The normalized spacial score (nSPS) is 46.5. The third-order valence-corrected chi connectivity index (χ3v) is 12.6. The molecule has 5 nitrogen and oxygen atoms in total. The lowest BCUT2D eigenvalue weighted by atomic mass is 9.40. The van der Waals surface area contributed by atoms with Gasteiger partial charge in [-0.15, -0.1) is 0 Å². The lowest BCUT2D eigenvalue weighted by Gasteiger charge is -2.67. The monoisotopic (exact) mass is 502 g/mol. The number of carbonyl (C=O) groups excluding carboxylic acids is 1. The Kier molecular flexibility index (Phi) is 7.73. The SMILES string of the molecule is CC[C@H]1CC2(N)C3CCC(CCCOC(=O)N4CCCC(CO)C4)C3(C)CC[C@@H]2C2(C)CCCCC12. The number of hydrogen-bond acceptors (Lipinski definition) is 4. The van der Waals surface area contributed by atoms with Crippen LogP contribution in [0, 0.1) is 46.3 Å². The van der Waals surface area contributed by atoms with Crippen molar-refractivity contribution in [1.82, 2.24) is 4.90 Å². The van der Waals surface area contributed by atoms with Crippen molar-refractivity contribution in [3.8, 4) is 0 Å². The van der Waals surface area contributed by atoms with Gasteiger partial charge in [-0.05, 0) is 117 Å². The molecule has 5 heteroatoms. The second-order valence-electron chi connectivity index (χ2n) is 14.2. The van der Waals surface area contributed by atoms with E-state index in [0.717, 1.165) is 44.1 Å². The molecule has 1 saturated heterocycles. The van der Waals surface area contributed by atoms with Crippen molar-refractivity contribution >= 4 is 6.09 Å². The summed E-state index contributed by atoms with van der Waals surface area (Å²) in [6.07, 6.45) is 17.3. The standard InChI is InChI=1S/C31H54N2O3/c1-4-23-19-31(32)26-13-12-24(10-8-18-36-28(35)33-17-7-9-22(20-33)21-34)29(26,2)16-14-27(31)30(3)15-6-5-11-25(23)30/h22-27,34H,4-21,32H2,1-3H3/t22?,23-,24?,25?,26?,27+,29?,30?,31?/m0/s1. The minimum atomic E-state index is -0.187. The highest BCUT2D eigenvalue weighted by Gasteiger charge is 2.66. The van der Waals surface area contributed by atoms with Gasteiger partial charge in [0, 0.05) is 25.2 Å². The third kappa shape index (κ3) is 4.42. The van der Waals surface area contributed by atoms with Crippen LogP contribution in [-0.4, -0.2) is 47.9 Å². The van der Waals surface area contributed by atoms with Crippen LogP contribution in [0.4, 0.5) is 4.79 Å². The summed E-state index contributed by atoms with van der Waals surface area (Å²) in [6.45, 7) is 9.70.